The quantitative estimate of drug-likeness (QED) is 0.479. The maximum Gasteiger partial charge on any atom is 0.194 e. The molecule has 0 fully saturated rings. The van der Waals surface area contributed by atoms with Crippen molar-refractivity contribution < 1.29 is 0 Å². The highest BCUT2D eigenvalue weighted by atomic mass is 16.1. The average molecular weight is 282 g/mol. The van der Waals surface area contributed by atoms with Gasteiger partial charge in [0.1, 0.15) is 0 Å². The van der Waals surface area contributed by atoms with E-state index in [1.165, 1.54) is 0 Å². The number of hydrogen-bond acceptors (Lipinski definition) is 1. The minimum absolute atomic E-state index is 0.0911. The zero-order chi connectivity index (χ0) is 14.9. The molecule has 4 rings (SSSR count). The van der Waals surface area contributed by atoms with Gasteiger partial charge in [-0.05, 0) is 28.0 Å². The molecule has 0 saturated carbocycles. The molecule has 0 heterocycles. The van der Waals surface area contributed by atoms with Gasteiger partial charge >= 0.3 is 0 Å². The van der Waals surface area contributed by atoms with Crippen molar-refractivity contribution in [1.82, 2.24) is 0 Å². The van der Waals surface area contributed by atoms with Crippen molar-refractivity contribution >= 4 is 21.5 Å². The molecule has 0 unspecified atom stereocenters. The maximum absolute atomic E-state index is 12.9. The number of fused-ring (bicyclic) bond motifs is 2. The van der Waals surface area contributed by atoms with Gasteiger partial charge in [0.25, 0.3) is 0 Å². The summed E-state index contributed by atoms with van der Waals surface area (Å²) in [4.78, 5) is 12.9. The molecule has 0 radical (unpaired) electrons. The Labute approximate surface area is 128 Å². The Bertz CT molecular complexity index is 1030. The van der Waals surface area contributed by atoms with E-state index in [1.54, 1.807) is 0 Å². The fourth-order valence-electron chi connectivity index (χ4n) is 2.88. The molecule has 0 aromatic heterocycles. The van der Waals surface area contributed by atoms with E-state index < -0.39 is 0 Å². The van der Waals surface area contributed by atoms with E-state index >= 15 is 0 Å². The van der Waals surface area contributed by atoms with Crippen LogP contribution >= 0.6 is 0 Å². The smallest absolute Gasteiger partial charge is 0.194 e. The van der Waals surface area contributed by atoms with Crippen LogP contribution in [0.3, 0.4) is 0 Å². The van der Waals surface area contributed by atoms with Gasteiger partial charge in [-0.15, -0.1) is 0 Å². The summed E-state index contributed by atoms with van der Waals surface area (Å²) in [5, 5.41) is 3.48. The molecule has 0 aliphatic heterocycles. The largest absolute Gasteiger partial charge is 0.289 e. The summed E-state index contributed by atoms with van der Waals surface area (Å²) in [6, 6.07) is 28.0. The van der Waals surface area contributed by atoms with Crippen LogP contribution < -0.4 is 5.43 Å². The Morgan fingerprint density at radius 2 is 1.14 bits per heavy atom. The summed E-state index contributed by atoms with van der Waals surface area (Å²) in [6.07, 6.45) is 0. The van der Waals surface area contributed by atoms with Crippen molar-refractivity contribution in [3.8, 4) is 11.1 Å². The first-order valence-electron chi connectivity index (χ1n) is 7.34. The minimum Gasteiger partial charge on any atom is -0.289 e. The van der Waals surface area contributed by atoms with Gasteiger partial charge in [0.15, 0.2) is 5.43 Å². The Morgan fingerprint density at radius 3 is 1.95 bits per heavy atom. The molecule has 0 N–H and O–H groups in total. The zero-order valence-electron chi connectivity index (χ0n) is 12.0. The lowest BCUT2D eigenvalue weighted by molar-refractivity contribution is 1.64. The second-order valence-corrected chi connectivity index (χ2v) is 5.42. The summed E-state index contributed by atoms with van der Waals surface area (Å²) < 4.78 is 0. The van der Waals surface area contributed by atoms with E-state index in [4.69, 9.17) is 0 Å². The third-order valence-corrected chi connectivity index (χ3v) is 4.05. The van der Waals surface area contributed by atoms with Gasteiger partial charge in [0.05, 0.1) is 0 Å². The standard InChI is InChI=1S/C21H14O/c22-21-19-9-5-4-8-16(19)10-11-17-12-13-18(14-20(17)21)15-6-2-1-3-7-15/h1-14H. The molecule has 0 atom stereocenters. The molecule has 0 spiro atoms. The van der Waals surface area contributed by atoms with Crippen LogP contribution in [0.5, 0.6) is 0 Å². The van der Waals surface area contributed by atoms with Crippen molar-refractivity contribution in [1.29, 1.82) is 0 Å². The van der Waals surface area contributed by atoms with Crippen LogP contribution in [0.2, 0.25) is 0 Å². The van der Waals surface area contributed by atoms with Crippen LogP contribution in [0, 0.1) is 0 Å². The first-order valence-corrected chi connectivity index (χ1v) is 7.34. The maximum atomic E-state index is 12.9. The van der Waals surface area contributed by atoms with Gasteiger partial charge in [-0.2, -0.15) is 0 Å². The highest BCUT2D eigenvalue weighted by Gasteiger charge is 2.04. The van der Waals surface area contributed by atoms with E-state index in [9.17, 15) is 4.79 Å². The third kappa shape index (κ3) is 2.08. The van der Waals surface area contributed by atoms with Crippen molar-refractivity contribution in [2.75, 3.05) is 0 Å². The van der Waals surface area contributed by atoms with Crippen LogP contribution in [0.1, 0.15) is 0 Å². The van der Waals surface area contributed by atoms with Gasteiger partial charge in [-0.3, -0.25) is 4.79 Å². The Hall–Kier alpha value is -2.93. The van der Waals surface area contributed by atoms with Crippen LogP contribution in [0.25, 0.3) is 32.7 Å². The van der Waals surface area contributed by atoms with E-state index in [2.05, 4.69) is 18.2 Å². The zero-order valence-corrected chi connectivity index (χ0v) is 12.0. The predicted octanol–water partition coefficient (Wildman–Crippen LogP) is 5.02. The van der Waals surface area contributed by atoms with Gasteiger partial charge in [0.2, 0.25) is 0 Å². The average Bonchev–Trinajstić information content (AvgIpc) is 2.73. The highest BCUT2D eigenvalue weighted by Crippen LogP contribution is 2.23. The fraction of sp³-hybridized carbons (Fsp3) is 0. The summed E-state index contributed by atoms with van der Waals surface area (Å²) in [7, 11) is 0. The van der Waals surface area contributed by atoms with Gasteiger partial charge < -0.3 is 0 Å². The molecule has 104 valence electrons. The molecule has 0 bridgehead atoms. The lowest BCUT2D eigenvalue weighted by Gasteiger charge is -2.02. The topological polar surface area (TPSA) is 17.1 Å². The summed E-state index contributed by atoms with van der Waals surface area (Å²) >= 11 is 0. The fourth-order valence-corrected chi connectivity index (χ4v) is 2.88. The Kier molecular flexibility index (Phi) is 2.97. The Morgan fingerprint density at radius 1 is 0.500 bits per heavy atom. The summed E-state index contributed by atoms with van der Waals surface area (Å²) in [6.45, 7) is 0. The molecule has 22 heavy (non-hydrogen) atoms. The SMILES string of the molecule is O=c1c2ccccc2ccc2ccc(-c3ccccc3)cc12. The van der Waals surface area contributed by atoms with Gasteiger partial charge in [-0.25, -0.2) is 0 Å². The van der Waals surface area contributed by atoms with Crippen molar-refractivity contribution in [3.63, 3.8) is 0 Å². The summed E-state index contributed by atoms with van der Waals surface area (Å²) in [5.41, 5.74) is 2.29. The van der Waals surface area contributed by atoms with E-state index in [1.807, 2.05) is 66.7 Å². The number of hydrogen-bond donors (Lipinski definition) is 0. The van der Waals surface area contributed by atoms with Gasteiger partial charge in [-0.1, -0.05) is 78.9 Å². The second kappa shape index (κ2) is 5.12. The first-order chi connectivity index (χ1) is 10.8. The van der Waals surface area contributed by atoms with Gasteiger partial charge in [0, 0.05) is 10.8 Å². The highest BCUT2D eigenvalue weighted by molar-refractivity contribution is 5.95. The van der Waals surface area contributed by atoms with Crippen molar-refractivity contribution in [2.45, 2.75) is 0 Å². The summed E-state index contributed by atoms with van der Waals surface area (Å²) in [5.74, 6) is 0. The van der Waals surface area contributed by atoms with Crippen LogP contribution in [-0.4, -0.2) is 0 Å². The molecule has 0 saturated heterocycles. The van der Waals surface area contributed by atoms with E-state index in [-0.39, 0.29) is 5.43 Å². The van der Waals surface area contributed by atoms with Crippen molar-refractivity contribution in [3.05, 3.63) is 95.2 Å². The lowest BCUT2D eigenvalue weighted by atomic mass is 10.0. The normalized spacial score (nSPS) is 10.9. The number of rotatable bonds is 1. The monoisotopic (exact) mass is 282 g/mol. The predicted molar refractivity (Wildman–Crippen MR) is 93.2 cm³/mol. The van der Waals surface area contributed by atoms with E-state index in [0.717, 1.165) is 32.7 Å². The second-order valence-electron chi connectivity index (χ2n) is 5.42. The van der Waals surface area contributed by atoms with Crippen molar-refractivity contribution in [2.24, 2.45) is 0 Å². The van der Waals surface area contributed by atoms with Crippen LogP contribution in [-0.2, 0) is 0 Å². The molecular formula is C21H14O. The molecule has 1 heteroatoms. The third-order valence-electron chi connectivity index (χ3n) is 4.05. The molecule has 4 aromatic rings. The molecule has 0 amide bonds. The minimum atomic E-state index is 0.0911. The Balaban J connectivity index is 2.10. The molecule has 1 nitrogen and oxygen atoms in total. The molecule has 0 aliphatic carbocycles. The van der Waals surface area contributed by atoms with Crippen LogP contribution in [0.4, 0.5) is 0 Å². The first kappa shape index (κ1) is 12.8. The molecular weight excluding hydrogens is 268 g/mol. The number of benzene rings is 3. The van der Waals surface area contributed by atoms with E-state index in [0.29, 0.717) is 0 Å². The van der Waals surface area contributed by atoms with Crippen LogP contribution in [0.15, 0.2) is 89.7 Å². The molecule has 4 aromatic carbocycles. The molecule has 0 aliphatic rings. The lowest BCUT2D eigenvalue weighted by Crippen LogP contribution is -1.98.